The fourth-order valence-corrected chi connectivity index (χ4v) is 6.92. The minimum absolute atomic E-state index is 0.574. The number of hydrogen-bond acceptors (Lipinski definition) is 5. The van der Waals surface area contributed by atoms with Gasteiger partial charge < -0.3 is 8.83 Å². The molecular formula is C45H27N3O2. The molecule has 0 fully saturated rings. The van der Waals surface area contributed by atoms with Gasteiger partial charge in [-0.3, -0.25) is 0 Å². The zero-order chi connectivity index (χ0) is 33.0. The summed E-state index contributed by atoms with van der Waals surface area (Å²) >= 11 is 0. The van der Waals surface area contributed by atoms with Crippen molar-refractivity contribution in [2.75, 3.05) is 0 Å². The van der Waals surface area contributed by atoms with Crippen LogP contribution in [0.3, 0.4) is 0 Å². The third kappa shape index (κ3) is 4.67. The number of hydrogen-bond donors (Lipinski definition) is 0. The van der Waals surface area contributed by atoms with Crippen LogP contribution in [-0.4, -0.2) is 15.0 Å². The summed E-state index contributed by atoms with van der Waals surface area (Å²) in [7, 11) is 0. The molecule has 0 N–H and O–H groups in total. The molecule has 0 saturated heterocycles. The van der Waals surface area contributed by atoms with E-state index in [1.807, 2.05) is 72.8 Å². The van der Waals surface area contributed by atoms with Gasteiger partial charge in [-0.1, -0.05) is 121 Å². The molecule has 50 heavy (non-hydrogen) atoms. The fraction of sp³-hybridized carbons (Fsp3) is 0. The second kappa shape index (κ2) is 11.4. The number of benzene rings is 7. The number of furan rings is 2. The van der Waals surface area contributed by atoms with Crippen LogP contribution in [0.4, 0.5) is 0 Å². The third-order valence-electron chi connectivity index (χ3n) is 9.37. The maximum Gasteiger partial charge on any atom is 0.164 e. The van der Waals surface area contributed by atoms with Gasteiger partial charge in [-0.15, -0.1) is 0 Å². The normalized spacial score (nSPS) is 11.6. The molecule has 234 valence electrons. The van der Waals surface area contributed by atoms with Gasteiger partial charge in [0.05, 0.1) is 0 Å². The van der Waals surface area contributed by atoms with Gasteiger partial charge in [-0.25, -0.2) is 15.0 Å². The van der Waals surface area contributed by atoms with E-state index in [9.17, 15) is 0 Å². The van der Waals surface area contributed by atoms with Crippen LogP contribution in [0.1, 0.15) is 0 Å². The summed E-state index contributed by atoms with van der Waals surface area (Å²) in [6.07, 6.45) is 0. The van der Waals surface area contributed by atoms with Crippen molar-refractivity contribution in [2.45, 2.75) is 0 Å². The standard InChI is InChI=1S/C45H27N3O2/c1-3-11-28(12-4-1)29-19-21-31(22-20-29)43-46-44(32-23-26-40-37(27-32)34-15-7-9-17-38(34)49-40)48-45(47-43)36-25-24-33(30-13-5-2-6-14-30)42-41(36)35-16-8-10-18-39(35)50-42/h1-27H. The van der Waals surface area contributed by atoms with Gasteiger partial charge in [-0.05, 0) is 59.2 Å². The van der Waals surface area contributed by atoms with Gasteiger partial charge in [0, 0.05) is 43.8 Å². The van der Waals surface area contributed by atoms with E-state index >= 15 is 0 Å². The zero-order valence-corrected chi connectivity index (χ0v) is 26.7. The topological polar surface area (TPSA) is 65.0 Å². The fourth-order valence-electron chi connectivity index (χ4n) is 6.92. The number of rotatable bonds is 5. The van der Waals surface area contributed by atoms with E-state index in [4.69, 9.17) is 23.8 Å². The highest BCUT2D eigenvalue weighted by Crippen LogP contribution is 2.42. The first-order chi connectivity index (χ1) is 24.8. The third-order valence-corrected chi connectivity index (χ3v) is 9.37. The molecule has 5 nitrogen and oxygen atoms in total. The monoisotopic (exact) mass is 641 g/mol. The summed E-state index contributed by atoms with van der Waals surface area (Å²) in [6, 6.07) is 55.7. The highest BCUT2D eigenvalue weighted by atomic mass is 16.3. The second-order valence-corrected chi connectivity index (χ2v) is 12.4. The van der Waals surface area contributed by atoms with Crippen LogP contribution >= 0.6 is 0 Å². The zero-order valence-electron chi connectivity index (χ0n) is 26.7. The van der Waals surface area contributed by atoms with Crippen molar-refractivity contribution in [1.29, 1.82) is 0 Å². The molecule has 0 atom stereocenters. The Balaban J connectivity index is 1.21. The minimum Gasteiger partial charge on any atom is -0.456 e. The second-order valence-electron chi connectivity index (χ2n) is 12.4. The molecule has 0 aliphatic carbocycles. The van der Waals surface area contributed by atoms with Crippen LogP contribution in [0.25, 0.3) is 100 Å². The van der Waals surface area contributed by atoms with Gasteiger partial charge in [0.2, 0.25) is 0 Å². The molecule has 0 aliphatic heterocycles. The summed E-state index contributed by atoms with van der Waals surface area (Å²) in [6.45, 7) is 0. The number of para-hydroxylation sites is 2. The Bertz CT molecular complexity index is 2850. The summed E-state index contributed by atoms with van der Waals surface area (Å²) in [4.78, 5) is 15.4. The SMILES string of the molecule is c1ccc(-c2ccc(-c3nc(-c4ccc5oc6ccccc6c5c4)nc(-c4ccc(-c5ccccc5)c5oc6ccccc6c45)n3)cc2)cc1. The van der Waals surface area contributed by atoms with Crippen LogP contribution in [-0.2, 0) is 0 Å². The lowest BCUT2D eigenvalue weighted by Gasteiger charge is -2.11. The van der Waals surface area contributed by atoms with Crippen LogP contribution < -0.4 is 0 Å². The van der Waals surface area contributed by atoms with Crippen molar-refractivity contribution in [2.24, 2.45) is 0 Å². The Morgan fingerprint density at radius 2 is 0.840 bits per heavy atom. The summed E-state index contributed by atoms with van der Waals surface area (Å²) < 4.78 is 12.7. The van der Waals surface area contributed by atoms with Gasteiger partial charge >= 0.3 is 0 Å². The van der Waals surface area contributed by atoms with E-state index in [0.29, 0.717) is 17.5 Å². The summed E-state index contributed by atoms with van der Waals surface area (Å²) in [5.41, 5.74) is 10.3. The van der Waals surface area contributed by atoms with Crippen molar-refractivity contribution < 1.29 is 8.83 Å². The number of fused-ring (bicyclic) bond motifs is 6. The van der Waals surface area contributed by atoms with Crippen LogP contribution in [0.5, 0.6) is 0 Å². The van der Waals surface area contributed by atoms with E-state index in [-0.39, 0.29) is 0 Å². The van der Waals surface area contributed by atoms with E-state index in [1.165, 1.54) is 0 Å². The Kier molecular flexibility index (Phi) is 6.42. The predicted octanol–water partition coefficient (Wildman–Crippen LogP) is 12.0. The van der Waals surface area contributed by atoms with Crippen molar-refractivity contribution in [3.8, 4) is 56.4 Å². The number of aromatic nitrogens is 3. The summed E-state index contributed by atoms with van der Waals surface area (Å²) in [5.74, 6) is 1.75. The molecule has 10 rings (SSSR count). The molecule has 0 unspecified atom stereocenters. The molecule has 3 heterocycles. The quantitative estimate of drug-likeness (QED) is 0.187. The molecule has 0 radical (unpaired) electrons. The van der Waals surface area contributed by atoms with Crippen molar-refractivity contribution in [1.82, 2.24) is 15.0 Å². The van der Waals surface area contributed by atoms with E-state index in [0.717, 1.165) is 82.8 Å². The Morgan fingerprint density at radius 1 is 0.320 bits per heavy atom. The molecule has 10 aromatic rings. The van der Waals surface area contributed by atoms with E-state index < -0.39 is 0 Å². The van der Waals surface area contributed by atoms with E-state index in [2.05, 4.69) is 91.0 Å². The molecule has 0 saturated carbocycles. The highest BCUT2D eigenvalue weighted by Gasteiger charge is 2.21. The lowest BCUT2D eigenvalue weighted by atomic mass is 9.98. The van der Waals surface area contributed by atoms with Gasteiger partial charge in [-0.2, -0.15) is 0 Å². The van der Waals surface area contributed by atoms with Crippen LogP contribution in [0.2, 0.25) is 0 Å². The van der Waals surface area contributed by atoms with Gasteiger partial charge in [0.1, 0.15) is 22.3 Å². The average molecular weight is 642 g/mol. The average Bonchev–Trinajstić information content (AvgIpc) is 3.77. The molecule has 0 amide bonds. The van der Waals surface area contributed by atoms with Crippen molar-refractivity contribution in [3.63, 3.8) is 0 Å². The molecule has 7 aromatic carbocycles. The lowest BCUT2D eigenvalue weighted by molar-refractivity contribution is 0.669. The van der Waals surface area contributed by atoms with E-state index in [1.54, 1.807) is 0 Å². The highest BCUT2D eigenvalue weighted by molar-refractivity contribution is 6.15. The largest absolute Gasteiger partial charge is 0.456 e. The molecule has 0 bridgehead atoms. The smallest absolute Gasteiger partial charge is 0.164 e. The Morgan fingerprint density at radius 3 is 1.60 bits per heavy atom. The lowest BCUT2D eigenvalue weighted by Crippen LogP contribution is -2.00. The molecule has 0 spiro atoms. The maximum atomic E-state index is 6.58. The molecule has 3 aromatic heterocycles. The first kappa shape index (κ1) is 28.2. The van der Waals surface area contributed by atoms with Crippen LogP contribution in [0.15, 0.2) is 173 Å². The molecule has 0 aliphatic rings. The summed E-state index contributed by atoms with van der Waals surface area (Å²) in [5, 5.41) is 4.06. The minimum atomic E-state index is 0.574. The Hall–Kier alpha value is -6.85. The number of nitrogens with zero attached hydrogens (tertiary/aromatic N) is 3. The molecule has 5 heteroatoms. The Labute approximate surface area is 287 Å². The first-order valence-corrected chi connectivity index (χ1v) is 16.6. The van der Waals surface area contributed by atoms with Crippen LogP contribution in [0, 0.1) is 0 Å². The van der Waals surface area contributed by atoms with Gasteiger partial charge in [0.25, 0.3) is 0 Å². The first-order valence-electron chi connectivity index (χ1n) is 16.6. The van der Waals surface area contributed by atoms with Crippen molar-refractivity contribution >= 4 is 43.9 Å². The predicted molar refractivity (Wildman–Crippen MR) is 202 cm³/mol. The van der Waals surface area contributed by atoms with Crippen molar-refractivity contribution in [3.05, 3.63) is 164 Å². The van der Waals surface area contributed by atoms with Gasteiger partial charge in [0.15, 0.2) is 17.5 Å². The molecular weight excluding hydrogens is 615 g/mol. The maximum absolute atomic E-state index is 6.58.